The van der Waals surface area contributed by atoms with E-state index in [1.54, 1.807) is 6.20 Å². The SMILES string of the molecule is Cc1cnc(C2CN(S(=O)(=O)c3cccc(F)c3)CCO2)[nH]1. The van der Waals surface area contributed by atoms with Gasteiger partial charge in [-0.05, 0) is 25.1 Å². The molecule has 0 aliphatic carbocycles. The molecule has 1 fully saturated rings. The van der Waals surface area contributed by atoms with Gasteiger partial charge in [0.1, 0.15) is 17.7 Å². The van der Waals surface area contributed by atoms with Crippen LogP contribution in [0.3, 0.4) is 0 Å². The highest BCUT2D eigenvalue weighted by atomic mass is 32.2. The van der Waals surface area contributed by atoms with Crippen molar-refractivity contribution in [1.29, 1.82) is 0 Å². The lowest BCUT2D eigenvalue weighted by molar-refractivity contribution is -0.00711. The van der Waals surface area contributed by atoms with Gasteiger partial charge in [0.15, 0.2) is 0 Å². The minimum absolute atomic E-state index is 0.0521. The van der Waals surface area contributed by atoms with Gasteiger partial charge < -0.3 is 9.72 Å². The molecule has 8 heteroatoms. The molecule has 2 heterocycles. The van der Waals surface area contributed by atoms with E-state index in [0.717, 1.165) is 11.8 Å². The molecule has 3 rings (SSSR count). The van der Waals surface area contributed by atoms with Crippen molar-refractivity contribution >= 4 is 10.0 Å². The number of aryl methyl sites for hydroxylation is 1. The molecule has 1 aliphatic heterocycles. The standard InChI is InChI=1S/C14H16FN3O3S/c1-10-8-16-14(17-10)13-9-18(5-6-21-13)22(19,20)12-4-2-3-11(15)7-12/h2-4,7-8,13H,5-6,9H2,1H3,(H,16,17). The Morgan fingerprint density at radius 3 is 2.95 bits per heavy atom. The van der Waals surface area contributed by atoms with Crippen molar-refractivity contribution in [1.82, 2.24) is 14.3 Å². The second kappa shape index (κ2) is 5.79. The minimum atomic E-state index is -3.75. The van der Waals surface area contributed by atoms with Crippen LogP contribution in [-0.2, 0) is 14.8 Å². The summed E-state index contributed by atoms with van der Waals surface area (Å²) in [6.45, 7) is 2.50. The average molecular weight is 325 g/mol. The zero-order chi connectivity index (χ0) is 15.7. The Hall–Kier alpha value is -1.77. The Kier molecular flexibility index (Phi) is 3.98. The van der Waals surface area contributed by atoms with Crippen LogP contribution in [0.2, 0.25) is 0 Å². The van der Waals surface area contributed by atoms with Gasteiger partial charge in [0.05, 0.1) is 11.5 Å². The van der Waals surface area contributed by atoms with Gasteiger partial charge >= 0.3 is 0 Å². The van der Waals surface area contributed by atoms with Crippen LogP contribution < -0.4 is 0 Å². The molecule has 6 nitrogen and oxygen atoms in total. The molecule has 2 aromatic rings. The summed E-state index contributed by atoms with van der Waals surface area (Å²) in [5, 5.41) is 0. The highest BCUT2D eigenvalue weighted by Gasteiger charge is 2.32. The number of morpholine rings is 1. The summed E-state index contributed by atoms with van der Waals surface area (Å²) < 4.78 is 45.4. The number of rotatable bonds is 3. The zero-order valence-electron chi connectivity index (χ0n) is 12.0. The van der Waals surface area contributed by atoms with Gasteiger partial charge in [-0.15, -0.1) is 0 Å². The van der Waals surface area contributed by atoms with E-state index >= 15 is 0 Å². The van der Waals surface area contributed by atoms with Crippen LogP contribution in [0.1, 0.15) is 17.6 Å². The number of nitrogens with one attached hydrogen (secondary N) is 1. The lowest BCUT2D eigenvalue weighted by atomic mass is 10.3. The number of imidazole rings is 1. The monoisotopic (exact) mass is 325 g/mol. The number of hydrogen-bond acceptors (Lipinski definition) is 4. The number of aromatic nitrogens is 2. The van der Waals surface area contributed by atoms with Gasteiger partial charge in [0.25, 0.3) is 0 Å². The number of sulfonamides is 1. The van der Waals surface area contributed by atoms with Crippen LogP contribution in [0.25, 0.3) is 0 Å². The molecule has 118 valence electrons. The van der Waals surface area contributed by atoms with Crippen LogP contribution in [0.5, 0.6) is 0 Å². The molecule has 0 bridgehead atoms. The molecule has 1 atom stereocenters. The van der Waals surface area contributed by atoms with Gasteiger partial charge in [-0.25, -0.2) is 17.8 Å². The third-order valence-corrected chi connectivity index (χ3v) is 5.35. The lowest BCUT2D eigenvalue weighted by Crippen LogP contribution is -2.42. The number of nitrogens with zero attached hydrogens (tertiary/aromatic N) is 2. The Balaban J connectivity index is 1.85. The quantitative estimate of drug-likeness (QED) is 0.930. The molecule has 1 saturated heterocycles. The van der Waals surface area contributed by atoms with Crippen LogP contribution >= 0.6 is 0 Å². The Bertz CT molecular complexity index is 775. The summed E-state index contributed by atoms with van der Waals surface area (Å²) >= 11 is 0. The molecule has 1 unspecified atom stereocenters. The first kappa shape index (κ1) is 15.1. The normalized spacial score (nSPS) is 20.2. The second-order valence-electron chi connectivity index (χ2n) is 5.13. The molecular weight excluding hydrogens is 309 g/mol. The number of benzene rings is 1. The number of H-pyrrole nitrogens is 1. The van der Waals surface area contributed by atoms with E-state index in [1.165, 1.54) is 22.5 Å². The fourth-order valence-corrected chi connectivity index (χ4v) is 3.84. The van der Waals surface area contributed by atoms with Crippen molar-refractivity contribution in [3.05, 3.63) is 47.8 Å². The largest absolute Gasteiger partial charge is 0.368 e. The topological polar surface area (TPSA) is 75.3 Å². The van der Waals surface area contributed by atoms with Gasteiger partial charge in [0, 0.05) is 25.0 Å². The average Bonchev–Trinajstić information content (AvgIpc) is 2.94. The zero-order valence-corrected chi connectivity index (χ0v) is 12.8. The van der Waals surface area contributed by atoms with Crippen molar-refractivity contribution in [2.75, 3.05) is 19.7 Å². The maximum absolute atomic E-state index is 13.3. The second-order valence-corrected chi connectivity index (χ2v) is 7.07. The molecule has 1 aromatic carbocycles. The molecule has 1 aromatic heterocycles. The third kappa shape index (κ3) is 2.90. The molecule has 0 saturated carbocycles. The van der Waals surface area contributed by atoms with E-state index in [9.17, 15) is 12.8 Å². The molecular formula is C14H16FN3O3S. The fourth-order valence-electron chi connectivity index (χ4n) is 2.38. The first-order valence-corrected chi connectivity index (χ1v) is 8.29. The third-order valence-electron chi connectivity index (χ3n) is 3.49. The number of hydrogen-bond donors (Lipinski definition) is 1. The van der Waals surface area contributed by atoms with Crippen molar-refractivity contribution < 1.29 is 17.5 Å². The maximum Gasteiger partial charge on any atom is 0.243 e. The summed E-state index contributed by atoms with van der Waals surface area (Å²) in [6, 6.07) is 5.01. The number of ether oxygens (including phenoxy) is 1. The smallest absolute Gasteiger partial charge is 0.243 e. The number of halogens is 1. The van der Waals surface area contributed by atoms with Crippen molar-refractivity contribution in [3.8, 4) is 0 Å². The minimum Gasteiger partial charge on any atom is -0.368 e. The van der Waals surface area contributed by atoms with Crippen LogP contribution in [0.4, 0.5) is 4.39 Å². The van der Waals surface area contributed by atoms with Crippen LogP contribution in [-0.4, -0.2) is 42.4 Å². The van der Waals surface area contributed by atoms with Crippen molar-refractivity contribution in [2.45, 2.75) is 17.9 Å². The molecule has 0 radical (unpaired) electrons. The van der Waals surface area contributed by atoms with E-state index in [2.05, 4.69) is 9.97 Å². The summed E-state index contributed by atoms with van der Waals surface area (Å²) in [7, 11) is -3.75. The highest BCUT2D eigenvalue weighted by molar-refractivity contribution is 7.89. The van der Waals surface area contributed by atoms with Gasteiger partial charge in [0.2, 0.25) is 10.0 Å². The van der Waals surface area contributed by atoms with Crippen LogP contribution in [0.15, 0.2) is 35.4 Å². The van der Waals surface area contributed by atoms with E-state index < -0.39 is 21.9 Å². The molecule has 1 N–H and O–H groups in total. The summed E-state index contributed by atoms with van der Waals surface area (Å²) in [5.74, 6) is 0.0178. The lowest BCUT2D eigenvalue weighted by Gasteiger charge is -2.31. The first-order valence-electron chi connectivity index (χ1n) is 6.85. The summed E-state index contributed by atoms with van der Waals surface area (Å²) in [6.07, 6.45) is 1.21. The van der Waals surface area contributed by atoms with E-state index in [-0.39, 0.29) is 24.6 Å². The van der Waals surface area contributed by atoms with Gasteiger partial charge in [-0.1, -0.05) is 6.07 Å². The van der Waals surface area contributed by atoms with E-state index in [0.29, 0.717) is 5.82 Å². The molecule has 0 amide bonds. The van der Waals surface area contributed by atoms with Gasteiger partial charge in [-0.2, -0.15) is 4.31 Å². The predicted molar refractivity (Wildman–Crippen MR) is 77.2 cm³/mol. The van der Waals surface area contributed by atoms with Crippen LogP contribution in [0, 0.1) is 12.7 Å². The fraction of sp³-hybridized carbons (Fsp3) is 0.357. The molecule has 1 aliphatic rings. The van der Waals surface area contributed by atoms with E-state index in [1.807, 2.05) is 6.92 Å². The first-order chi connectivity index (χ1) is 10.5. The van der Waals surface area contributed by atoms with Crippen molar-refractivity contribution in [3.63, 3.8) is 0 Å². The van der Waals surface area contributed by atoms with E-state index in [4.69, 9.17) is 4.74 Å². The van der Waals surface area contributed by atoms with Crippen molar-refractivity contribution in [2.24, 2.45) is 0 Å². The summed E-state index contributed by atoms with van der Waals surface area (Å²) in [4.78, 5) is 7.18. The molecule has 0 spiro atoms. The predicted octanol–water partition coefficient (Wildman–Crippen LogP) is 1.62. The number of aromatic amines is 1. The van der Waals surface area contributed by atoms with Gasteiger partial charge in [-0.3, -0.25) is 0 Å². The maximum atomic E-state index is 13.3. The Morgan fingerprint density at radius 2 is 2.27 bits per heavy atom. The Morgan fingerprint density at radius 1 is 1.45 bits per heavy atom. The molecule has 22 heavy (non-hydrogen) atoms. The summed E-state index contributed by atoms with van der Waals surface area (Å²) in [5.41, 5.74) is 0.878. The Labute approximate surface area is 128 Å². The highest BCUT2D eigenvalue weighted by Crippen LogP contribution is 2.25.